The van der Waals surface area contributed by atoms with E-state index in [-0.39, 0.29) is 18.5 Å². The normalized spacial score (nSPS) is 18.3. The molecule has 19 heavy (non-hydrogen) atoms. The van der Waals surface area contributed by atoms with Crippen molar-refractivity contribution in [3.63, 3.8) is 0 Å². The lowest BCUT2D eigenvalue weighted by molar-refractivity contribution is -0.137. The van der Waals surface area contributed by atoms with Crippen molar-refractivity contribution < 1.29 is 14.7 Å². The first-order valence-corrected chi connectivity index (χ1v) is 6.18. The van der Waals surface area contributed by atoms with E-state index in [1.807, 2.05) is 0 Å². The largest absolute Gasteiger partial charge is 0.481 e. The Bertz CT molecular complexity index is 452. The summed E-state index contributed by atoms with van der Waals surface area (Å²) in [4.78, 5) is 32.1. The van der Waals surface area contributed by atoms with Crippen LogP contribution in [0.15, 0.2) is 18.6 Å². The summed E-state index contributed by atoms with van der Waals surface area (Å²) < 4.78 is 0. The van der Waals surface area contributed by atoms with Gasteiger partial charge in [-0.05, 0) is 18.9 Å². The summed E-state index contributed by atoms with van der Waals surface area (Å²) >= 11 is 0. The van der Waals surface area contributed by atoms with Gasteiger partial charge in [-0.15, -0.1) is 0 Å². The molecule has 1 aliphatic heterocycles. The fraction of sp³-hybridized carbons (Fsp3) is 0.500. The summed E-state index contributed by atoms with van der Waals surface area (Å²) in [5.41, 5.74) is 0.720. The van der Waals surface area contributed by atoms with E-state index in [1.165, 1.54) is 6.33 Å². The molecule has 1 fully saturated rings. The Kier molecular flexibility index (Phi) is 4.27. The Morgan fingerprint density at radius 3 is 3.05 bits per heavy atom. The van der Waals surface area contributed by atoms with Gasteiger partial charge >= 0.3 is 12.0 Å². The first-order chi connectivity index (χ1) is 9.16. The maximum Gasteiger partial charge on any atom is 0.317 e. The van der Waals surface area contributed by atoms with Crippen LogP contribution in [0, 0.1) is 0 Å². The number of aliphatic carboxylic acids is 1. The van der Waals surface area contributed by atoms with Gasteiger partial charge in [0.15, 0.2) is 0 Å². The molecule has 1 unspecified atom stereocenters. The van der Waals surface area contributed by atoms with Crippen LogP contribution in [0.2, 0.25) is 0 Å². The third kappa shape index (κ3) is 3.64. The van der Waals surface area contributed by atoms with Gasteiger partial charge in [0.1, 0.15) is 6.33 Å². The van der Waals surface area contributed by atoms with E-state index in [4.69, 9.17) is 5.11 Å². The number of urea groups is 1. The number of likely N-dealkylation sites (tertiary alicyclic amines) is 1. The second-order valence-corrected chi connectivity index (χ2v) is 4.45. The van der Waals surface area contributed by atoms with Crippen molar-refractivity contribution in [2.75, 3.05) is 6.54 Å². The van der Waals surface area contributed by atoms with E-state index in [2.05, 4.69) is 15.3 Å². The number of hydrogen-bond acceptors (Lipinski definition) is 4. The molecule has 0 bridgehead atoms. The van der Waals surface area contributed by atoms with Gasteiger partial charge in [-0.2, -0.15) is 0 Å². The maximum atomic E-state index is 12.0. The lowest BCUT2D eigenvalue weighted by Gasteiger charge is -2.23. The second-order valence-electron chi connectivity index (χ2n) is 4.45. The Morgan fingerprint density at radius 1 is 1.53 bits per heavy atom. The van der Waals surface area contributed by atoms with Gasteiger partial charge in [0.05, 0.1) is 18.7 Å². The molecule has 2 rings (SSSR count). The summed E-state index contributed by atoms with van der Waals surface area (Å²) in [6.07, 6.45) is 4.62. The van der Waals surface area contributed by atoms with E-state index in [0.717, 1.165) is 18.5 Å². The number of carbonyl (C=O) groups excluding carboxylic acids is 1. The number of nitrogens with zero attached hydrogens (tertiary/aromatic N) is 3. The molecule has 1 saturated heterocycles. The highest BCUT2D eigenvalue weighted by atomic mass is 16.4. The molecule has 0 aromatic carbocycles. The van der Waals surface area contributed by atoms with Crippen LogP contribution >= 0.6 is 0 Å². The first-order valence-electron chi connectivity index (χ1n) is 6.18. The number of aromatic nitrogens is 2. The first kappa shape index (κ1) is 13.3. The molecule has 0 spiro atoms. The summed E-state index contributed by atoms with van der Waals surface area (Å²) in [6.45, 7) is 0.922. The van der Waals surface area contributed by atoms with Crippen LogP contribution in [0.4, 0.5) is 4.79 Å². The Morgan fingerprint density at radius 2 is 2.37 bits per heavy atom. The number of carbonyl (C=O) groups is 2. The lowest BCUT2D eigenvalue weighted by atomic mass is 10.1. The van der Waals surface area contributed by atoms with E-state index in [1.54, 1.807) is 17.2 Å². The maximum absolute atomic E-state index is 12.0. The standard InChI is InChI=1S/C12H16N4O3/c17-11(18)6-10-2-1-5-16(10)12(19)14-7-9-3-4-13-8-15-9/h3-4,8,10H,1-2,5-7H2,(H,14,19)(H,17,18). The molecule has 1 aliphatic rings. The van der Waals surface area contributed by atoms with E-state index in [9.17, 15) is 9.59 Å². The van der Waals surface area contributed by atoms with Gasteiger partial charge in [0.2, 0.25) is 0 Å². The summed E-state index contributed by atoms with van der Waals surface area (Å²) in [6, 6.07) is 1.28. The highest BCUT2D eigenvalue weighted by Gasteiger charge is 2.30. The minimum atomic E-state index is -0.875. The zero-order valence-electron chi connectivity index (χ0n) is 10.5. The monoisotopic (exact) mass is 264 g/mol. The van der Waals surface area contributed by atoms with Crippen LogP contribution in [-0.4, -0.2) is 44.6 Å². The Hall–Kier alpha value is -2.18. The summed E-state index contributed by atoms with van der Waals surface area (Å²) in [5, 5.41) is 11.6. The van der Waals surface area contributed by atoms with E-state index in [0.29, 0.717) is 13.1 Å². The van der Waals surface area contributed by atoms with Crippen LogP contribution in [0.25, 0.3) is 0 Å². The highest BCUT2D eigenvalue weighted by molar-refractivity contribution is 5.76. The molecular formula is C12H16N4O3. The van der Waals surface area contributed by atoms with Crippen LogP contribution in [0.1, 0.15) is 25.0 Å². The molecule has 102 valence electrons. The molecule has 2 N–H and O–H groups in total. The van der Waals surface area contributed by atoms with Crippen LogP contribution in [0.5, 0.6) is 0 Å². The minimum absolute atomic E-state index is 0.000920. The molecular weight excluding hydrogens is 248 g/mol. The van der Waals surface area contributed by atoms with Gasteiger partial charge in [-0.3, -0.25) is 4.79 Å². The Balaban J connectivity index is 1.87. The van der Waals surface area contributed by atoms with Gasteiger partial charge in [-0.1, -0.05) is 0 Å². The van der Waals surface area contributed by atoms with Gasteiger partial charge in [0, 0.05) is 18.8 Å². The molecule has 1 aromatic heterocycles. The summed E-state index contributed by atoms with van der Waals surface area (Å²) in [5.74, 6) is -0.875. The zero-order chi connectivity index (χ0) is 13.7. The molecule has 7 heteroatoms. The molecule has 2 amide bonds. The average molecular weight is 264 g/mol. The van der Waals surface area contributed by atoms with Gasteiger partial charge in [-0.25, -0.2) is 14.8 Å². The van der Waals surface area contributed by atoms with Crippen molar-refractivity contribution in [3.8, 4) is 0 Å². The number of amides is 2. The summed E-state index contributed by atoms with van der Waals surface area (Å²) in [7, 11) is 0. The smallest absolute Gasteiger partial charge is 0.317 e. The predicted molar refractivity (Wildman–Crippen MR) is 66.2 cm³/mol. The topological polar surface area (TPSA) is 95.4 Å². The van der Waals surface area contributed by atoms with Gasteiger partial charge < -0.3 is 15.3 Å². The number of carboxylic acid groups (broad SMARTS) is 1. The molecule has 2 heterocycles. The van der Waals surface area contributed by atoms with Crippen molar-refractivity contribution >= 4 is 12.0 Å². The molecule has 7 nitrogen and oxygen atoms in total. The average Bonchev–Trinajstić information content (AvgIpc) is 2.84. The fourth-order valence-corrected chi connectivity index (χ4v) is 2.21. The molecule has 1 atom stereocenters. The number of rotatable bonds is 4. The van der Waals surface area contributed by atoms with Crippen LogP contribution in [-0.2, 0) is 11.3 Å². The Labute approximate surface area is 110 Å². The van der Waals surface area contributed by atoms with E-state index >= 15 is 0 Å². The molecule has 0 aliphatic carbocycles. The number of carboxylic acids is 1. The molecule has 1 aromatic rings. The third-order valence-electron chi connectivity index (χ3n) is 3.11. The minimum Gasteiger partial charge on any atom is -0.481 e. The van der Waals surface area contributed by atoms with Crippen LogP contribution < -0.4 is 5.32 Å². The zero-order valence-corrected chi connectivity index (χ0v) is 10.5. The van der Waals surface area contributed by atoms with Crippen molar-refractivity contribution in [3.05, 3.63) is 24.3 Å². The van der Waals surface area contributed by atoms with Crippen molar-refractivity contribution in [2.45, 2.75) is 31.8 Å². The van der Waals surface area contributed by atoms with Gasteiger partial charge in [0.25, 0.3) is 0 Å². The fourth-order valence-electron chi connectivity index (χ4n) is 2.21. The van der Waals surface area contributed by atoms with Crippen molar-refractivity contribution in [2.24, 2.45) is 0 Å². The predicted octanol–water partition coefficient (Wildman–Crippen LogP) is 0.625. The van der Waals surface area contributed by atoms with Crippen LogP contribution in [0.3, 0.4) is 0 Å². The SMILES string of the molecule is O=C(O)CC1CCCN1C(=O)NCc1ccncn1. The lowest BCUT2D eigenvalue weighted by Crippen LogP contribution is -2.43. The third-order valence-corrected chi connectivity index (χ3v) is 3.11. The van der Waals surface area contributed by atoms with Crippen molar-refractivity contribution in [1.29, 1.82) is 0 Å². The highest BCUT2D eigenvalue weighted by Crippen LogP contribution is 2.20. The van der Waals surface area contributed by atoms with Crippen molar-refractivity contribution in [1.82, 2.24) is 20.2 Å². The molecule has 0 radical (unpaired) electrons. The van der Waals surface area contributed by atoms with E-state index < -0.39 is 5.97 Å². The number of hydrogen-bond donors (Lipinski definition) is 2. The molecule has 0 saturated carbocycles. The number of nitrogens with one attached hydrogen (secondary N) is 1. The quantitative estimate of drug-likeness (QED) is 0.831. The second kappa shape index (κ2) is 6.12.